The van der Waals surface area contributed by atoms with Gasteiger partial charge in [-0.05, 0) is 24.3 Å². The van der Waals surface area contributed by atoms with Crippen LogP contribution >= 0.6 is 0 Å². The molecule has 0 spiro atoms. The molecule has 1 aromatic heterocycles. The van der Waals surface area contributed by atoms with Crippen LogP contribution in [-0.2, 0) is 19.6 Å². The number of benzene rings is 1. The molecule has 170 valence electrons. The predicted molar refractivity (Wildman–Crippen MR) is 123 cm³/mol. The SMILES string of the molecule is CC.CC.CC(=O)N(C)C.CC(=O)N(C)S(=O)(=O)c1ccccc1.c1ccncc1. The number of carbonyl (C=O) groups is 2. The van der Waals surface area contributed by atoms with Gasteiger partial charge in [0.15, 0.2) is 0 Å². The van der Waals surface area contributed by atoms with Gasteiger partial charge < -0.3 is 4.90 Å². The van der Waals surface area contributed by atoms with Crippen molar-refractivity contribution >= 4 is 21.8 Å². The standard InChI is InChI=1S/C9H11NO3S.C5H5N.C4H9NO.2C2H6/c1-8(11)10(2)14(12,13)9-6-4-3-5-7-9;1-2-4-6-5-3-1;1-4(6)5(2)3;2*1-2/h3-7H,1-2H3;1-5H;1-3H3;2*1-2H3. The summed E-state index contributed by atoms with van der Waals surface area (Å²) in [4.78, 5) is 26.4. The molecule has 0 N–H and O–H groups in total. The highest BCUT2D eigenvalue weighted by molar-refractivity contribution is 7.89. The number of sulfonamides is 1. The first-order valence-corrected chi connectivity index (χ1v) is 11.1. The number of amides is 2. The number of aromatic nitrogens is 1. The van der Waals surface area contributed by atoms with E-state index in [0.717, 1.165) is 4.31 Å². The van der Waals surface area contributed by atoms with Crippen molar-refractivity contribution in [1.29, 1.82) is 0 Å². The first-order chi connectivity index (χ1) is 14.1. The second kappa shape index (κ2) is 19.6. The van der Waals surface area contributed by atoms with E-state index in [9.17, 15) is 18.0 Å². The van der Waals surface area contributed by atoms with Gasteiger partial charge in [-0.2, -0.15) is 0 Å². The molecular weight excluding hydrogens is 402 g/mol. The number of hydrogen-bond acceptors (Lipinski definition) is 5. The van der Waals surface area contributed by atoms with Crippen molar-refractivity contribution in [3.63, 3.8) is 0 Å². The molecule has 7 nitrogen and oxygen atoms in total. The smallest absolute Gasteiger partial charge is 0.266 e. The Balaban J connectivity index is -0.000000379. The second-order valence-corrected chi connectivity index (χ2v) is 7.21. The number of rotatable bonds is 2. The molecule has 1 heterocycles. The van der Waals surface area contributed by atoms with Crippen LogP contribution < -0.4 is 0 Å². The maximum Gasteiger partial charge on any atom is 0.266 e. The molecule has 0 unspecified atom stereocenters. The Hall–Kier alpha value is -2.74. The van der Waals surface area contributed by atoms with Gasteiger partial charge in [-0.25, -0.2) is 12.7 Å². The summed E-state index contributed by atoms with van der Waals surface area (Å²) in [6.07, 6.45) is 3.50. The van der Waals surface area contributed by atoms with Crippen LogP contribution in [0, 0.1) is 0 Å². The summed E-state index contributed by atoms with van der Waals surface area (Å²) in [6.45, 7) is 10.7. The summed E-state index contributed by atoms with van der Waals surface area (Å²) in [5, 5.41) is 0. The van der Waals surface area contributed by atoms with E-state index in [4.69, 9.17) is 0 Å². The Labute approximate surface area is 182 Å². The van der Waals surface area contributed by atoms with E-state index in [1.807, 2.05) is 45.9 Å². The van der Waals surface area contributed by atoms with Crippen LogP contribution in [0.3, 0.4) is 0 Å². The largest absolute Gasteiger partial charge is 0.349 e. The highest BCUT2D eigenvalue weighted by Gasteiger charge is 2.21. The first kappa shape index (κ1) is 31.9. The molecule has 0 radical (unpaired) electrons. The lowest BCUT2D eigenvalue weighted by atomic mass is 10.4. The second-order valence-electron chi connectivity index (χ2n) is 5.24. The number of pyridine rings is 1. The van der Waals surface area contributed by atoms with Crippen LogP contribution in [0.2, 0.25) is 0 Å². The van der Waals surface area contributed by atoms with Gasteiger partial charge in [0.2, 0.25) is 11.8 Å². The maximum atomic E-state index is 11.7. The Bertz CT molecular complexity index is 739. The van der Waals surface area contributed by atoms with Crippen molar-refractivity contribution in [3.8, 4) is 0 Å². The predicted octanol–water partition coefficient (Wildman–Crippen LogP) is 4.08. The molecule has 2 rings (SSSR count). The van der Waals surface area contributed by atoms with Crippen molar-refractivity contribution in [2.24, 2.45) is 0 Å². The summed E-state index contributed by atoms with van der Waals surface area (Å²) < 4.78 is 24.1. The minimum absolute atomic E-state index is 0.0926. The van der Waals surface area contributed by atoms with E-state index in [-0.39, 0.29) is 10.8 Å². The summed E-state index contributed by atoms with van der Waals surface area (Å²) >= 11 is 0. The van der Waals surface area contributed by atoms with Crippen molar-refractivity contribution in [1.82, 2.24) is 14.2 Å². The average molecular weight is 440 g/mol. The lowest BCUT2D eigenvalue weighted by Crippen LogP contribution is -2.31. The summed E-state index contributed by atoms with van der Waals surface area (Å²) in [6, 6.07) is 13.6. The summed E-state index contributed by atoms with van der Waals surface area (Å²) in [5.41, 5.74) is 0. The van der Waals surface area contributed by atoms with Gasteiger partial charge in [0.1, 0.15) is 0 Å². The highest BCUT2D eigenvalue weighted by atomic mass is 32.2. The number of nitrogens with zero attached hydrogens (tertiary/aromatic N) is 3. The van der Waals surface area contributed by atoms with Crippen molar-refractivity contribution in [3.05, 3.63) is 60.9 Å². The lowest BCUT2D eigenvalue weighted by Gasteiger charge is -2.14. The van der Waals surface area contributed by atoms with Crippen molar-refractivity contribution in [2.45, 2.75) is 46.4 Å². The van der Waals surface area contributed by atoms with Gasteiger partial charge in [0.05, 0.1) is 4.90 Å². The molecule has 8 heteroatoms. The van der Waals surface area contributed by atoms with Crippen LogP contribution in [0.1, 0.15) is 41.5 Å². The van der Waals surface area contributed by atoms with Gasteiger partial charge in [-0.15, -0.1) is 0 Å². The monoisotopic (exact) mass is 439 g/mol. The Morgan fingerprint density at radius 2 is 1.10 bits per heavy atom. The minimum atomic E-state index is -3.65. The lowest BCUT2D eigenvalue weighted by molar-refractivity contribution is -0.126. The van der Waals surface area contributed by atoms with Gasteiger partial charge in [-0.3, -0.25) is 14.6 Å². The zero-order valence-electron chi connectivity index (χ0n) is 19.7. The zero-order valence-corrected chi connectivity index (χ0v) is 20.5. The fourth-order valence-electron chi connectivity index (χ4n) is 1.23. The molecule has 2 amide bonds. The van der Waals surface area contributed by atoms with E-state index in [2.05, 4.69) is 4.98 Å². The fraction of sp³-hybridized carbons (Fsp3) is 0.409. The molecule has 0 aliphatic rings. The van der Waals surface area contributed by atoms with Gasteiger partial charge in [0.25, 0.3) is 10.0 Å². The molecule has 0 fully saturated rings. The quantitative estimate of drug-likeness (QED) is 0.703. The average Bonchev–Trinajstić information content (AvgIpc) is 2.78. The van der Waals surface area contributed by atoms with Gasteiger partial charge in [-0.1, -0.05) is 52.0 Å². The van der Waals surface area contributed by atoms with Crippen molar-refractivity contribution in [2.75, 3.05) is 21.1 Å². The summed E-state index contributed by atoms with van der Waals surface area (Å²) in [7, 11) is 1.04. The molecule has 0 saturated carbocycles. The van der Waals surface area contributed by atoms with Crippen molar-refractivity contribution < 1.29 is 18.0 Å². The third-order valence-electron chi connectivity index (χ3n) is 3.04. The molecule has 0 aliphatic carbocycles. The molecule has 0 saturated heterocycles. The van der Waals surface area contributed by atoms with E-state index >= 15 is 0 Å². The third-order valence-corrected chi connectivity index (χ3v) is 4.89. The van der Waals surface area contributed by atoms with Crippen LogP contribution in [0.25, 0.3) is 0 Å². The Morgan fingerprint density at radius 3 is 1.33 bits per heavy atom. The normalized spacial score (nSPS) is 8.70. The summed E-state index contributed by atoms with van der Waals surface area (Å²) in [5.74, 6) is -0.413. The van der Waals surface area contributed by atoms with E-state index < -0.39 is 15.9 Å². The molecule has 0 bridgehead atoms. The van der Waals surface area contributed by atoms with Crippen LogP contribution in [0.15, 0.2) is 65.8 Å². The van der Waals surface area contributed by atoms with Crippen LogP contribution in [-0.4, -0.2) is 55.6 Å². The number of carbonyl (C=O) groups excluding carboxylic acids is 2. The third kappa shape index (κ3) is 15.2. The zero-order chi connectivity index (χ0) is 24.2. The number of hydrogen-bond donors (Lipinski definition) is 0. The fourth-order valence-corrected chi connectivity index (χ4v) is 2.39. The Morgan fingerprint density at radius 1 is 0.733 bits per heavy atom. The van der Waals surface area contributed by atoms with Crippen LogP contribution in [0.5, 0.6) is 0 Å². The van der Waals surface area contributed by atoms with Gasteiger partial charge >= 0.3 is 0 Å². The van der Waals surface area contributed by atoms with E-state index in [0.29, 0.717) is 0 Å². The first-order valence-electron chi connectivity index (χ1n) is 9.68. The molecule has 30 heavy (non-hydrogen) atoms. The molecule has 1 aromatic carbocycles. The molecular formula is C22H37N3O4S. The minimum Gasteiger partial charge on any atom is -0.349 e. The van der Waals surface area contributed by atoms with E-state index in [1.165, 1.54) is 37.9 Å². The topological polar surface area (TPSA) is 87.7 Å². The maximum absolute atomic E-state index is 11.7. The molecule has 0 atom stereocenters. The van der Waals surface area contributed by atoms with Crippen LogP contribution in [0.4, 0.5) is 0 Å². The van der Waals surface area contributed by atoms with Gasteiger partial charge in [0, 0.05) is 47.4 Å². The van der Waals surface area contributed by atoms with E-state index in [1.54, 1.807) is 44.7 Å². The highest BCUT2D eigenvalue weighted by Crippen LogP contribution is 2.12. The Kier molecular flexibility index (Phi) is 20.8. The molecule has 0 aliphatic heterocycles. The molecule has 2 aromatic rings.